The monoisotopic (exact) mass is 272 g/mol. The summed E-state index contributed by atoms with van der Waals surface area (Å²) in [4.78, 5) is 0. The molecule has 0 spiro atoms. The molecule has 1 aliphatic carbocycles. The molecule has 0 aromatic heterocycles. The van der Waals surface area contributed by atoms with Gasteiger partial charge in [-0.2, -0.15) is 0 Å². The Morgan fingerprint density at radius 1 is 1.00 bits per heavy atom. The molecule has 2 heteroatoms. The molecule has 110 valence electrons. The third-order valence-electron chi connectivity index (χ3n) is 5.23. The van der Waals surface area contributed by atoms with Crippen LogP contribution in [0.15, 0.2) is 30.3 Å². The number of rotatable bonds is 3. The summed E-state index contributed by atoms with van der Waals surface area (Å²) in [7, 11) is 0. The van der Waals surface area contributed by atoms with Crippen molar-refractivity contribution < 1.29 is 0 Å². The number of nitrogens with one attached hydrogen (secondary N) is 2. The predicted molar refractivity (Wildman–Crippen MR) is 85.0 cm³/mol. The van der Waals surface area contributed by atoms with Gasteiger partial charge in [0.15, 0.2) is 0 Å². The van der Waals surface area contributed by atoms with Crippen LogP contribution < -0.4 is 10.6 Å². The Hall–Kier alpha value is -0.860. The maximum atomic E-state index is 3.94. The van der Waals surface area contributed by atoms with Gasteiger partial charge in [0, 0.05) is 12.1 Å². The smallest absolute Gasteiger partial charge is 0.0119 e. The highest BCUT2D eigenvalue weighted by Crippen LogP contribution is 2.33. The summed E-state index contributed by atoms with van der Waals surface area (Å²) in [6.07, 6.45) is 6.67. The third-order valence-corrected chi connectivity index (χ3v) is 5.23. The molecule has 2 N–H and O–H groups in total. The fraction of sp³-hybridized carbons (Fsp3) is 0.667. The maximum absolute atomic E-state index is 3.94. The fourth-order valence-corrected chi connectivity index (χ4v) is 3.88. The molecule has 1 aliphatic heterocycles. The van der Waals surface area contributed by atoms with Crippen molar-refractivity contribution in [1.82, 2.24) is 10.6 Å². The number of piperidine rings is 1. The topological polar surface area (TPSA) is 24.1 Å². The second kappa shape index (κ2) is 6.73. The van der Waals surface area contributed by atoms with Crippen LogP contribution in [-0.2, 0) is 0 Å². The number of hydrogen-bond acceptors (Lipinski definition) is 2. The average molecular weight is 272 g/mol. The second-order valence-corrected chi connectivity index (χ2v) is 6.70. The molecule has 1 aromatic carbocycles. The van der Waals surface area contributed by atoms with Gasteiger partial charge < -0.3 is 10.6 Å². The Labute approximate surface area is 123 Å². The molecule has 1 saturated carbocycles. The van der Waals surface area contributed by atoms with Gasteiger partial charge in [0.25, 0.3) is 0 Å². The Morgan fingerprint density at radius 2 is 1.75 bits per heavy atom. The maximum Gasteiger partial charge on any atom is 0.0119 e. The largest absolute Gasteiger partial charge is 0.316 e. The zero-order valence-corrected chi connectivity index (χ0v) is 12.6. The third kappa shape index (κ3) is 3.42. The van der Waals surface area contributed by atoms with Gasteiger partial charge in [-0.15, -0.1) is 0 Å². The van der Waals surface area contributed by atoms with Crippen molar-refractivity contribution in [2.75, 3.05) is 13.1 Å². The first kappa shape index (κ1) is 14.1. The summed E-state index contributed by atoms with van der Waals surface area (Å²) >= 11 is 0. The quantitative estimate of drug-likeness (QED) is 0.882. The highest BCUT2D eigenvalue weighted by atomic mass is 15.0. The van der Waals surface area contributed by atoms with E-state index in [1.165, 1.54) is 45.2 Å². The lowest BCUT2D eigenvalue weighted by Gasteiger charge is -2.37. The summed E-state index contributed by atoms with van der Waals surface area (Å²) < 4.78 is 0. The van der Waals surface area contributed by atoms with Gasteiger partial charge in [-0.1, -0.05) is 37.3 Å². The second-order valence-electron chi connectivity index (χ2n) is 6.70. The molecule has 1 aromatic rings. The van der Waals surface area contributed by atoms with Gasteiger partial charge in [0.05, 0.1) is 0 Å². The lowest BCUT2D eigenvalue weighted by molar-refractivity contribution is 0.239. The number of benzene rings is 1. The summed E-state index contributed by atoms with van der Waals surface area (Å²) in [6.45, 7) is 4.73. The van der Waals surface area contributed by atoms with Crippen LogP contribution in [0.5, 0.6) is 0 Å². The van der Waals surface area contributed by atoms with Crippen LogP contribution in [0.1, 0.15) is 50.5 Å². The van der Waals surface area contributed by atoms with E-state index in [1.54, 1.807) is 5.56 Å². The van der Waals surface area contributed by atoms with Crippen LogP contribution in [0.2, 0.25) is 0 Å². The van der Waals surface area contributed by atoms with Crippen LogP contribution in [0.3, 0.4) is 0 Å². The molecule has 2 atom stereocenters. The van der Waals surface area contributed by atoms with E-state index in [0.717, 1.165) is 23.9 Å². The van der Waals surface area contributed by atoms with Gasteiger partial charge in [0.1, 0.15) is 0 Å². The van der Waals surface area contributed by atoms with Crippen molar-refractivity contribution in [2.24, 2.45) is 5.92 Å². The summed E-state index contributed by atoms with van der Waals surface area (Å²) in [5, 5.41) is 7.43. The fourth-order valence-electron chi connectivity index (χ4n) is 3.88. The van der Waals surface area contributed by atoms with E-state index in [2.05, 4.69) is 47.9 Å². The Morgan fingerprint density at radius 3 is 2.45 bits per heavy atom. The molecule has 2 aliphatic rings. The van der Waals surface area contributed by atoms with E-state index in [4.69, 9.17) is 0 Å². The lowest BCUT2D eigenvalue weighted by Crippen LogP contribution is -2.50. The van der Waals surface area contributed by atoms with Crippen molar-refractivity contribution in [3.05, 3.63) is 35.9 Å². The lowest BCUT2D eigenvalue weighted by atomic mass is 9.81. The highest BCUT2D eigenvalue weighted by Gasteiger charge is 2.27. The van der Waals surface area contributed by atoms with Crippen molar-refractivity contribution in [2.45, 2.75) is 57.0 Å². The number of hydrogen-bond donors (Lipinski definition) is 2. The standard InChI is InChI=1S/C18H28N2/c1-14-13-19-12-11-18(14)20-17-9-7-16(8-10-17)15-5-3-2-4-6-15/h2-6,14,16-20H,7-13H2,1H3. The molecule has 2 fully saturated rings. The van der Waals surface area contributed by atoms with Gasteiger partial charge in [0.2, 0.25) is 0 Å². The predicted octanol–water partition coefficient (Wildman–Crippen LogP) is 3.30. The molecule has 0 amide bonds. The molecular weight excluding hydrogens is 244 g/mol. The molecule has 2 unspecified atom stereocenters. The van der Waals surface area contributed by atoms with Crippen LogP contribution in [0.4, 0.5) is 0 Å². The van der Waals surface area contributed by atoms with Gasteiger partial charge >= 0.3 is 0 Å². The van der Waals surface area contributed by atoms with E-state index in [0.29, 0.717) is 0 Å². The van der Waals surface area contributed by atoms with Crippen LogP contribution in [0, 0.1) is 5.92 Å². The molecule has 1 saturated heterocycles. The average Bonchev–Trinajstić information content (AvgIpc) is 2.51. The molecule has 20 heavy (non-hydrogen) atoms. The zero-order valence-electron chi connectivity index (χ0n) is 12.6. The normalized spacial score (nSPS) is 34.9. The zero-order chi connectivity index (χ0) is 13.8. The van der Waals surface area contributed by atoms with Crippen LogP contribution >= 0.6 is 0 Å². The molecule has 2 nitrogen and oxygen atoms in total. The van der Waals surface area contributed by atoms with Crippen molar-refractivity contribution in [3.8, 4) is 0 Å². The van der Waals surface area contributed by atoms with Crippen LogP contribution in [-0.4, -0.2) is 25.2 Å². The minimum atomic E-state index is 0.731. The first-order valence-electron chi connectivity index (χ1n) is 8.34. The SMILES string of the molecule is CC1CNCCC1NC1CCC(c2ccccc2)CC1. The van der Waals surface area contributed by atoms with Gasteiger partial charge in [-0.3, -0.25) is 0 Å². The molecule has 3 rings (SSSR count). The summed E-state index contributed by atoms with van der Waals surface area (Å²) in [6, 6.07) is 12.6. The van der Waals surface area contributed by atoms with Crippen LogP contribution in [0.25, 0.3) is 0 Å². The van der Waals surface area contributed by atoms with Crippen molar-refractivity contribution >= 4 is 0 Å². The minimum absolute atomic E-state index is 0.731. The molecular formula is C18H28N2. The minimum Gasteiger partial charge on any atom is -0.316 e. The van der Waals surface area contributed by atoms with E-state index in [-0.39, 0.29) is 0 Å². The van der Waals surface area contributed by atoms with Gasteiger partial charge in [-0.25, -0.2) is 0 Å². The Kier molecular flexibility index (Phi) is 4.74. The van der Waals surface area contributed by atoms with Gasteiger partial charge in [-0.05, 0) is 62.6 Å². The summed E-state index contributed by atoms with van der Waals surface area (Å²) in [5.74, 6) is 1.57. The van der Waals surface area contributed by atoms with E-state index >= 15 is 0 Å². The molecule has 0 bridgehead atoms. The van der Waals surface area contributed by atoms with E-state index < -0.39 is 0 Å². The summed E-state index contributed by atoms with van der Waals surface area (Å²) in [5.41, 5.74) is 1.54. The van der Waals surface area contributed by atoms with Crippen molar-refractivity contribution in [1.29, 1.82) is 0 Å². The molecule has 0 radical (unpaired) electrons. The highest BCUT2D eigenvalue weighted by molar-refractivity contribution is 5.20. The first-order chi connectivity index (χ1) is 9.83. The Balaban J connectivity index is 1.49. The Bertz CT molecular complexity index is 395. The first-order valence-corrected chi connectivity index (χ1v) is 8.34. The molecule has 1 heterocycles. The van der Waals surface area contributed by atoms with Crippen molar-refractivity contribution in [3.63, 3.8) is 0 Å². The van der Waals surface area contributed by atoms with E-state index in [1.807, 2.05) is 0 Å². The van der Waals surface area contributed by atoms with E-state index in [9.17, 15) is 0 Å².